The molecule has 0 spiro atoms. The van der Waals surface area contributed by atoms with Crippen LogP contribution in [0.25, 0.3) is 0 Å². The summed E-state index contributed by atoms with van der Waals surface area (Å²) in [5, 5.41) is 6.25. The van der Waals surface area contributed by atoms with E-state index in [9.17, 15) is 9.18 Å². The van der Waals surface area contributed by atoms with Gasteiger partial charge in [-0.1, -0.05) is 12.1 Å². The molecule has 1 heterocycles. The van der Waals surface area contributed by atoms with Crippen LogP contribution in [-0.2, 0) is 11.2 Å². The lowest BCUT2D eigenvalue weighted by molar-refractivity contribution is -0.132. The number of hydrogen-bond donors (Lipinski definition) is 2. The summed E-state index contributed by atoms with van der Waals surface area (Å²) >= 11 is 0. The summed E-state index contributed by atoms with van der Waals surface area (Å²) in [6.45, 7) is 8.03. The van der Waals surface area contributed by atoms with Gasteiger partial charge in [-0.25, -0.2) is 4.39 Å². The standard InChI is InChI=1S/C16H24FN3O/c1-16(2,20-10-8-18-9-11-20)15(21)19-7-6-13-4-3-5-14(17)12-13/h3-5,12,18H,6-11H2,1-2H3,(H,19,21). The SMILES string of the molecule is CC(C)(C(=O)NCCc1cccc(F)c1)N1CCNCC1. The molecule has 0 unspecified atom stereocenters. The second-order valence-corrected chi connectivity index (χ2v) is 5.93. The molecule has 0 bridgehead atoms. The van der Waals surface area contributed by atoms with Crippen molar-refractivity contribution in [2.45, 2.75) is 25.8 Å². The second kappa shape index (κ2) is 7.00. The predicted molar refractivity (Wildman–Crippen MR) is 81.6 cm³/mol. The Balaban J connectivity index is 1.83. The highest BCUT2D eigenvalue weighted by molar-refractivity contribution is 5.85. The smallest absolute Gasteiger partial charge is 0.239 e. The summed E-state index contributed by atoms with van der Waals surface area (Å²) in [5.41, 5.74) is 0.389. The molecule has 1 aliphatic heterocycles. The van der Waals surface area contributed by atoms with Crippen molar-refractivity contribution in [3.05, 3.63) is 35.6 Å². The molecule has 1 saturated heterocycles. The monoisotopic (exact) mass is 293 g/mol. The van der Waals surface area contributed by atoms with Gasteiger partial charge in [0.15, 0.2) is 0 Å². The molecule has 21 heavy (non-hydrogen) atoms. The molecule has 1 aromatic rings. The molecule has 1 fully saturated rings. The molecular formula is C16H24FN3O. The maximum Gasteiger partial charge on any atom is 0.239 e. The maximum absolute atomic E-state index is 13.1. The van der Waals surface area contributed by atoms with Crippen molar-refractivity contribution in [2.24, 2.45) is 0 Å². The van der Waals surface area contributed by atoms with Gasteiger partial charge in [0.2, 0.25) is 5.91 Å². The van der Waals surface area contributed by atoms with Crippen LogP contribution in [0.3, 0.4) is 0 Å². The van der Waals surface area contributed by atoms with E-state index in [0.717, 1.165) is 31.7 Å². The van der Waals surface area contributed by atoms with Crippen molar-refractivity contribution in [1.82, 2.24) is 15.5 Å². The first kappa shape index (κ1) is 15.9. The summed E-state index contributed by atoms with van der Waals surface area (Å²) < 4.78 is 13.1. The Morgan fingerprint density at radius 1 is 1.38 bits per heavy atom. The third kappa shape index (κ3) is 4.25. The highest BCUT2D eigenvalue weighted by Gasteiger charge is 2.34. The molecule has 0 saturated carbocycles. The van der Waals surface area contributed by atoms with Crippen LogP contribution < -0.4 is 10.6 Å². The lowest BCUT2D eigenvalue weighted by atomic mass is 10.0. The van der Waals surface area contributed by atoms with E-state index >= 15 is 0 Å². The fourth-order valence-corrected chi connectivity index (χ4v) is 2.60. The summed E-state index contributed by atoms with van der Waals surface area (Å²) in [4.78, 5) is 14.6. The van der Waals surface area contributed by atoms with Gasteiger partial charge in [0.25, 0.3) is 0 Å². The van der Waals surface area contributed by atoms with Gasteiger partial charge in [-0.2, -0.15) is 0 Å². The third-order valence-corrected chi connectivity index (χ3v) is 4.05. The number of benzene rings is 1. The van der Waals surface area contributed by atoms with Crippen molar-refractivity contribution in [3.8, 4) is 0 Å². The van der Waals surface area contributed by atoms with Crippen LogP contribution in [0.4, 0.5) is 4.39 Å². The van der Waals surface area contributed by atoms with Crippen LogP contribution in [0, 0.1) is 5.82 Å². The summed E-state index contributed by atoms with van der Waals surface area (Å²) in [7, 11) is 0. The summed E-state index contributed by atoms with van der Waals surface area (Å²) in [6.07, 6.45) is 0.640. The molecule has 1 amide bonds. The van der Waals surface area contributed by atoms with Gasteiger partial charge in [-0.3, -0.25) is 9.69 Å². The zero-order chi connectivity index (χ0) is 15.3. The summed E-state index contributed by atoms with van der Waals surface area (Å²) in [6, 6.07) is 6.50. The summed E-state index contributed by atoms with van der Waals surface area (Å²) in [5.74, 6) is -0.208. The zero-order valence-electron chi connectivity index (χ0n) is 12.8. The lowest BCUT2D eigenvalue weighted by Gasteiger charge is -2.39. The number of nitrogens with one attached hydrogen (secondary N) is 2. The molecule has 2 N–H and O–H groups in total. The molecule has 4 nitrogen and oxygen atoms in total. The van der Waals surface area contributed by atoms with Gasteiger partial charge >= 0.3 is 0 Å². The van der Waals surface area contributed by atoms with Crippen molar-refractivity contribution in [2.75, 3.05) is 32.7 Å². The van der Waals surface area contributed by atoms with Gasteiger partial charge in [0, 0.05) is 32.7 Å². The quantitative estimate of drug-likeness (QED) is 0.856. The Bertz CT molecular complexity index is 484. The highest BCUT2D eigenvalue weighted by Crippen LogP contribution is 2.15. The van der Waals surface area contributed by atoms with Crippen molar-refractivity contribution in [1.29, 1.82) is 0 Å². The normalized spacial score (nSPS) is 16.7. The number of carbonyl (C=O) groups excluding carboxylic acids is 1. The molecule has 2 rings (SSSR count). The largest absolute Gasteiger partial charge is 0.354 e. The molecule has 0 aliphatic carbocycles. The minimum Gasteiger partial charge on any atom is -0.354 e. The minimum absolute atomic E-state index is 0.0285. The fraction of sp³-hybridized carbons (Fsp3) is 0.562. The molecule has 0 radical (unpaired) electrons. The van der Waals surface area contributed by atoms with Gasteiger partial charge < -0.3 is 10.6 Å². The lowest BCUT2D eigenvalue weighted by Crippen LogP contribution is -2.60. The van der Waals surface area contributed by atoms with E-state index in [0.29, 0.717) is 13.0 Å². The minimum atomic E-state index is -0.510. The van der Waals surface area contributed by atoms with E-state index in [-0.39, 0.29) is 11.7 Å². The first-order chi connectivity index (χ1) is 10.00. The highest BCUT2D eigenvalue weighted by atomic mass is 19.1. The zero-order valence-corrected chi connectivity index (χ0v) is 12.8. The first-order valence-corrected chi connectivity index (χ1v) is 7.48. The van der Waals surface area contributed by atoms with E-state index in [1.807, 2.05) is 19.9 Å². The second-order valence-electron chi connectivity index (χ2n) is 5.93. The Morgan fingerprint density at radius 2 is 2.10 bits per heavy atom. The van der Waals surface area contributed by atoms with Gasteiger partial charge in [0.05, 0.1) is 5.54 Å². The Morgan fingerprint density at radius 3 is 2.76 bits per heavy atom. The van der Waals surface area contributed by atoms with E-state index in [2.05, 4.69) is 15.5 Å². The van der Waals surface area contributed by atoms with Crippen LogP contribution in [0.15, 0.2) is 24.3 Å². The van der Waals surface area contributed by atoms with Crippen LogP contribution in [0.1, 0.15) is 19.4 Å². The maximum atomic E-state index is 13.1. The molecule has 0 atom stereocenters. The van der Waals surface area contributed by atoms with Crippen LogP contribution in [0.5, 0.6) is 0 Å². The number of hydrogen-bond acceptors (Lipinski definition) is 3. The average Bonchev–Trinajstić information content (AvgIpc) is 2.48. The predicted octanol–water partition coefficient (Wildman–Crippen LogP) is 1.17. The number of rotatable bonds is 5. The molecule has 1 aromatic carbocycles. The number of nitrogens with zero attached hydrogens (tertiary/aromatic N) is 1. The average molecular weight is 293 g/mol. The van der Waals surface area contributed by atoms with E-state index in [1.165, 1.54) is 12.1 Å². The van der Waals surface area contributed by atoms with Crippen molar-refractivity contribution >= 4 is 5.91 Å². The van der Waals surface area contributed by atoms with Gasteiger partial charge in [-0.05, 0) is 38.0 Å². The van der Waals surface area contributed by atoms with Crippen molar-refractivity contribution < 1.29 is 9.18 Å². The molecule has 1 aliphatic rings. The number of piperazine rings is 1. The molecule has 5 heteroatoms. The van der Waals surface area contributed by atoms with E-state index < -0.39 is 5.54 Å². The molecular weight excluding hydrogens is 269 g/mol. The Hall–Kier alpha value is -1.46. The van der Waals surface area contributed by atoms with E-state index in [1.54, 1.807) is 6.07 Å². The Kier molecular flexibility index (Phi) is 5.31. The topological polar surface area (TPSA) is 44.4 Å². The van der Waals surface area contributed by atoms with Crippen LogP contribution in [0.2, 0.25) is 0 Å². The molecule has 0 aromatic heterocycles. The van der Waals surface area contributed by atoms with E-state index in [4.69, 9.17) is 0 Å². The van der Waals surface area contributed by atoms with Crippen LogP contribution >= 0.6 is 0 Å². The van der Waals surface area contributed by atoms with Crippen LogP contribution in [-0.4, -0.2) is 49.1 Å². The Labute approximate surface area is 125 Å². The number of amides is 1. The number of halogens is 1. The fourth-order valence-electron chi connectivity index (χ4n) is 2.60. The van der Waals surface area contributed by atoms with Gasteiger partial charge in [0.1, 0.15) is 5.82 Å². The number of carbonyl (C=O) groups is 1. The third-order valence-electron chi connectivity index (χ3n) is 4.05. The van der Waals surface area contributed by atoms with Gasteiger partial charge in [-0.15, -0.1) is 0 Å². The van der Waals surface area contributed by atoms with Crippen molar-refractivity contribution in [3.63, 3.8) is 0 Å². The first-order valence-electron chi connectivity index (χ1n) is 7.48. The molecule has 116 valence electrons.